The molecule has 0 atom stereocenters. The summed E-state index contributed by atoms with van der Waals surface area (Å²) in [5.74, 6) is 0.458. The van der Waals surface area contributed by atoms with E-state index in [9.17, 15) is 10.2 Å². The van der Waals surface area contributed by atoms with Crippen LogP contribution in [0.25, 0.3) is 21.5 Å². The molecule has 41 heavy (non-hydrogen) atoms. The molecule has 5 aromatic carbocycles. The van der Waals surface area contributed by atoms with Crippen LogP contribution < -0.4 is 0 Å². The molecule has 0 saturated heterocycles. The molecule has 204 valence electrons. The van der Waals surface area contributed by atoms with E-state index in [1.807, 2.05) is 74.5 Å². The summed E-state index contributed by atoms with van der Waals surface area (Å²) < 4.78 is 0. The van der Waals surface area contributed by atoms with Crippen molar-refractivity contribution in [2.45, 2.75) is 52.6 Å². The van der Waals surface area contributed by atoms with Crippen LogP contribution in [0.15, 0.2) is 107 Å². The van der Waals surface area contributed by atoms with Gasteiger partial charge < -0.3 is 10.2 Å². The zero-order chi connectivity index (χ0) is 28.7. The predicted octanol–water partition coefficient (Wildman–Crippen LogP) is 8.89. The monoisotopic (exact) mass is 592 g/mol. The Bertz CT molecular complexity index is 1670. The smallest absolute Gasteiger partial charge is 0.125 e. The molecule has 0 aliphatic heterocycles. The molecule has 0 heterocycles. The Hall–Kier alpha value is -3.82. The average molecular weight is 594 g/mol. The van der Waals surface area contributed by atoms with Gasteiger partial charge in [0.1, 0.15) is 11.5 Å². The third-order valence-electron chi connectivity index (χ3n) is 7.71. The van der Waals surface area contributed by atoms with Crippen molar-refractivity contribution in [1.29, 1.82) is 0 Å². The van der Waals surface area contributed by atoms with Crippen LogP contribution in [0.1, 0.15) is 63.8 Å². The van der Waals surface area contributed by atoms with E-state index in [0.29, 0.717) is 0 Å². The van der Waals surface area contributed by atoms with Crippen molar-refractivity contribution in [3.63, 3.8) is 0 Å². The summed E-state index contributed by atoms with van der Waals surface area (Å²) in [5, 5.41) is 25.6. The molecule has 5 rings (SSSR count). The van der Waals surface area contributed by atoms with Gasteiger partial charge in [-0.15, -0.1) is 0 Å². The number of phenols is 2. The number of hydrogen-bond acceptors (Lipinski definition) is 4. The normalized spacial score (nSPS) is 12.9. The average Bonchev–Trinajstić information content (AvgIpc) is 2.92. The summed E-state index contributed by atoms with van der Waals surface area (Å²) in [5.41, 5.74) is 4.10. The standard InChI is InChI=1S/C36H36N2O2.Zn/c1-23(33-29-16-9-7-12-25(29)18-20-31(33)39)37-35(3,4)27-14-11-15-28(22-27)36(5,6)38-24(2)34-30-17-10-8-13-26(30)19-21-32(34)40;/h7-22,39-40H,1-6H3;. The molecule has 0 saturated carbocycles. The number of hydrogen-bond donors (Lipinski definition) is 2. The maximum atomic E-state index is 10.7. The fourth-order valence-electron chi connectivity index (χ4n) is 5.64. The van der Waals surface area contributed by atoms with Crippen LogP contribution in [0, 0.1) is 0 Å². The molecule has 5 aromatic rings. The maximum Gasteiger partial charge on any atom is 0.125 e. The number of phenolic OH excluding ortho intramolecular Hbond substituents is 2. The Kier molecular flexibility index (Phi) is 8.52. The Morgan fingerprint density at radius 2 is 0.927 bits per heavy atom. The molecular weight excluding hydrogens is 558 g/mol. The van der Waals surface area contributed by atoms with Crippen LogP contribution in [0.3, 0.4) is 0 Å². The SMILES string of the molecule is CC(=NC(C)(C)c1cccc(C(C)(C)N=C(C)c2c(O)ccc3ccccc23)c1)c1c(O)ccc2ccccc12.[Zn]. The van der Waals surface area contributed by atoms with Crippen LogP contribution in [-0.4, -0.2) is 21.6 Å². The molecule has 0 aliphatic rings. The van der Waals surface area contributed by atoms with E-state index < -0.39 is 11.1 Å². The van der Waals surface area contributed by atoms with Gasteiger partial charge in [0.2, 0.25) is 0 Å². The van der Waals surface area contributed by atoms with Crippen molar-refractivity contribution >= 4 is 33.0 Å². The van der Waals surface area contributed by atoms with Crippen LogP contribution >= 0.6 is 0 Å². The summed E-state index contributed by atoms with van der Waals surface area (Å²) in [6.45, 7) is 12.3. The van der Waals surface area contributed by atoms with E-state index in [-0.39, 0.29) is 31.0 Å². The molecular formula is C36H36N2O2Zn. The number of aromatic hydroxyl groups is 2. The molecule has 2 N–H and O–H groups in total. The molecule has 0 bridgehead atoms. The van der Waals surface area contributed by atoms with Crippen molar-refractivity contribution in [2.75, 3.05) is 0 Å². The number of benzene rings is 5. The summed E-state index contributed by atoms with van der Waals surface area (Å²) in [6, 6.07) is 31.8. The number of fused-ring (bicyclic) bond motifs is 2. The minimum absolute atomic E-state index is 0. The number of aliphatic imine (C=N–C) groups is 2. The first kappa shape index (κ1) is 30.1. The third-order valence-corrected chi connectivity index (χ3v) is 7.71. The second kappa shape index (κ2) is 11.6. The molecule has 0 unspecified atom stereocenters. The second-order valence-corrected chi connectivity index (χ2v) is 11.5. The Balaban J connectivity index is 0.00000387. The molecule has 4 nitrogen and oxygen atoms in total. The molecule has 0 fully saturated rings. The Labute approximate surface area is 255 Å². The van der Waals surface area contributed by atoms with Crippen molar-refractivity contribution < 1.29 is 29.7 Å². The summed E-state index contributed by atoms with van der Waals surface area (Å²) in [6.07, 6.45) is 0. The van der Waals surface area contributed by atoms with Gasteiger partial charge >= 0.3 is 0 Å². The van der Waals surface area contributed by atoms with Crippen LogP contribution in [0.2, 0.25) is 0 Å². The minimum atomic E-state index is -0.549. The van der Waals surface area contributed by atoms with E-state index in [1.54, 1.807) is 12.1 Å². The molecule has 5 heteroatoms. The van der Waals surface area contributed by atoms with Crippen LogP contribution in [0.4, 0.5) is 0 Å². The Morgan fingerprint density at radius 3 is 1.34 bits per heavy atom. The van der Waals surface area contributed by atoms with E-state index in [0.717, 1.165) is 55.2 Å². The topological polar surface area (TPSA) is 65.2 Å². The largest absolute Gasteiger partial charge is 0.507 e. The minimum Gasteiger partial charge on any atom is -0.507 e. The van der Waals surface area contributed by atoms with Crippen molar-refractivity contribution in [2.24, 2.45) is 9.98 Å². The van der Waals surface area contributed by atoms with Gasteiger partial charge in [-0.25, -0.2) is 0 Å². The van der Waals surface area contributed by atoms with Gasteiger partial charge in [0, 0.05) is 42.0 Å². The number of rotatable bonds is 6. The van der Waals surface area contributed by atoms with Gasteiger partial charge in [0.15, 0.2) is 0 Å². The fourth-order valence-corrected chi connectivity index (χ4v) is 5.64. The molecule has 0 aliphatic carbocycles. The molecule has 0 aromatic heterocycles. The van der Waals surface area contributed by atoms with Crippen molar-refractivity contribution in [3.05, 3.63) is 119 Å². The fraction of sp³-hybridized carbons (Fsp3) is 0.222. The maximum absolute atomic E-state index is 10.7. The van der Waals surface area contributed by atoms with Gasteiger partial charge in [-0.2, -0.15) is 0 Å². The van der Waals surface area contributed by atoms with Crippen molar-refractivity contribution in [3.8, 4) is 11.5 Å². The second-order valence-electron chi connectivity index (χ2n) is 11.5. The molecule has 0 spiro atoms. The van der Waals surface area contributed by atoms with Gasteiger partial charge in [0.25, 0.3) is 0 Å². The van der Waals surface area contributed by atoms with Gasteiger partial charge in [-0.3, -0.25) is 9.98 Å². The van der Waals surface area contributed by atoms with Gasteiger partial charge in [0.05, 0.1) is 11.1 Å². The zero-order valence-electron chi connectivity index (χ0n) is 24.7. The zero-order valence-corrected chi connectivity index (χ0v) is 27.7. The third kappa shape index (κ3) is 5.97. The molecule has 0 radical (unpaired) electrons. The first-order valence-electron chi connectivity index (χ1n) is 13.6. The van der Waals surface area contributed by atoms with E-state index in [1.165, 1.54) is 0 Å². The van der Waals surface area contributed by atoms with Crippen LogP contribution in [-0.2, 0) is 30.6 Å². The van der Waals surface area contributed by atoms with Gasteiger partial charge in [-0.1, -0.05) is 84.9 Å². The Morgan fingerprint density at radius 1 is 0.537 bits per heavy atom. The van der Waals surface area contributed by atoms with E-state index >= 15 is 0 Å². The quantitative estimate of drug-likeness (QED) is 0.152. The summed E-state index contributed by atoms with van der Waals surface area (Å²) in [4.78, 5) is 10.3. The van der Waals surface area contributed by atoms with Crippen molar-refractivity contribution in [1.82, 2.24) is 0 Å². The van der Waals surface area contributed by atoms with Gasteiger partial charge in [-0.05, 0) is 86.3 Å². The van der Waals surface area contributed by atoms with E-state index in [4.69, 9.17) is 9.98 Å². The summed E-state index contributed by atoms with van der Waals surface area (Å²) >= 11 is 0. The van der Waals surface area contributed by atoms with Crippen LogP contribution in [0.5, 0.6) is 11.5 Å². The first-order chi connectivity index (χ1) is 19.0. The first-order valence-corrected chi connectivity index (χ1v) is 13.6. The summed E-state index contributed by atoms with van der Waals surface area (Å²) in [7, 11) is 0. The number of nitrogens with zero attached hydrogens (tertiary/aromatic N) is 2. The van der Waals surface area contributed by atoms with E-state index in [2.05, 4.69) is 52.0 Å². The molecule has 0 amide bonds. The predicted molar refractivity (Wildman–Crippen MR) is 168 cm³/mol.